The second-order valence-electron chi connectivity index (χ2n) is 4.68. The zero-order valence-electron chi connectivity index (χ0n) is 10.7. The van der Waals surface area contributed by atoms with E-state index in [0.29, 0.717) is 28.6 Å². The second kappa shape index (κ2) is 5.48. The minimum atomic E-state index is -1.00. The molecule has 19 heavy (non-hydrogen) atoms. The van der Waals surface area contributed by atoms with Crippen LogP contribution in [0.25, 0.3) is 10.6 Å². The topological polar surface area (TPSA) is 50.2 Å². The first kappa shape index (κ1) is 13.7. The van der Waals surface area contributed by atoms with Gasteiger partial charge in [0.15, 0.2) is 0 Å². The Morgan fingerprint density at radius 1 is 1.42 bits per heavy atom. The van der Waals surface area contributed by atoms with E-state index in [4.69, 9.17) is 0 Å². The summed E-state index contributed by atoms with van der Waals surface area (Å²) in [5, 5.41) is 9.61. The molecule has 1 heterocycles. The minimum Gasteiger partial charge on any atom is -0.477 e. The van der Waals surface area contributed by atoms with E-state index in [1.165, 1.54) is 6.07 Å². The fraction of sp³-hybridized carbons (Fsp3) is 0.286. The van der Waals surface area contributed by atoms with E-state index in [1.54, 1.807) is 18.2 Å². The van der Waals surface area contributed by atoms with Crippen molar-refractivity contribution in [1.29, 1.82) is 0 Å². The number of benzene rings is 1. The van der Waals surface area contributed by atoms with Gasteiger partial charge in [0, 0.05) is 5.56 Å². The summed E-state index contributed by atoms with van der Waals surface area (Å²) < 4.78 is 13.7. The Labute approximate surface area is 114 Å². The van der Waals surface area contributed by atoms with Gasteiger partial charge in [-0.25, -0.2) is 14.2 Å². The zero-order valence-corrected chi connectivity index (χ0v) is 11.5. The van der Waals surface area contributed by atoms with Gasteiger partial charge < -0.3 is 5.11 Å². The van der Waals surface area contributed by atoms with Crippen LogP contribution in [-0.4, -0.2) is 16.1 Å². The molecule has 0 aliphatic rings. The van der Waals surface area contributed by atoms with Crippen LogP contribution in [0.4, 0.5) is 4.39 Å². The standard InChI is InChI=1S/C14H14FNO2S/c1-8(2)7-11-12(14(17)18)19-13(16-11)9-5-3-4-6-10(9)15/h3-6,8H,7H2,1-2H3,(H,17,18). The molecule has 0 aliphatic heterocycles. The molecule has 1 aromatic carbocycles. The molecule has 0 saturated carbocycles. The van der Waals surface area contributed by atoms with Crippen LogP contribution in [0, 0.1) is 11.7 Å². The molecule has 0 atom stereocenters. The van der Waals surface area contributed by atoms with Gasteiger partial charge in [0.2, 0.25) is 0 Å². The molecule has 1 aromatic heterocycles. The number of halogens is 1. The highest BCUT2D eigenvalue weighted by atomic mass is 32.1. The fourth-order valence-electron chi connectivity index (χ4n) is 1.79. The van der Waals surface area contributed by atoms with E-state index in [1.807, 2.05) is 13.8 Å². The highest BCUT2D eigenvalue weighted by molar-refractivity contribution is 7.17. The van der Waals surface area contributed by atoms with Crippen molar-refractivity contribution < 1.29 is 14.3 Å². The van der Waals surface area contributed by atoms with Gasteiger partial charge in [-0.1, -0.05) is 26.0 Å². The van der Waals surface area contributed by atoms with Gasteiger partial charge >= 0.3 is 5.97 Å². The highest BCUT2D eigenvalue weighted by Gasteiger charge is 2.20. The molecule has 100 valence electrons. The van der Waals surface area contributed by atoms with E-state index in [-0.39, 0.29) is 10.7 Å². The molecular formula is C14H14FNO2S. The average molecular weight is 279 g/mol. The minimum absolute atomic E-state index is 0.201. The summed E-state index contributed by atoms with van der Waals surface area (Å²) in [6.07, 6.45) is 0.576. The molecule has 0 bridgehead atoms. The van der Waals surface area contributed by atoms with Crippen LogP contribution in [-0.2, 0) is 6.42 Å². The van der Waals surface area contributed by atoms with E-state index in [9.17, 15) is 14.3 Å². The first-order valence-corrected chi connectivity index (χ1v) is 6.78. The molecule has 2 aromatic rings. The van der Waals surface area contributed by atoms with Gasteiger partial charge in [-0.05, 0) is 24.5 Å². The normalized spacial score (nSPS) is 10.9. The third-order valence-corrected chi connectivity index (χ3v) is 3.72. The van der Waals surface area contributed by atoms with Crippen molar-refractivity contribution in [1.82, 2.24) is 4.98 Å². The summed E-state index contributed by atoms with van der Waals surface area (Å²) in [6, 6.07) is 6.26. The zero-order chi connectivity index (χ0) is 14.0. The number of carbonyl (C=O) groups is 1. The predicted octanol–water partition coefficient (Wildman–Crippen LogP) is 3.85. The molecule has 3 nitrogen and oxygen atoms in total. The van der Waals surface area contributed by atoms with E-state index in [0.717, 1.165) is 11.3 Å². The van der Waals surface area contributed by atoms with Crippen LogP contribution in [0.3, 0.4) is 0 Å². The summed E-state index contributed by atoms with van der Waals surface area (Å²) in [5.74, 6) is -1.09. The number of carboxylic acid groups (broad SMARTS) is 1. The van der Waals surface area contributed by atoms with Crippen molar-refractivity contribution in [2.45, 2.75) is 20.3 Å². The molecule has 0 fully saturated rings. The predicted molar refractivity (Wildman–Crippen MR) is 73.0 cm³/mol. The summed E-state index contributed by atoms with van der Waals surface area (Å²) in [4.78, 5) is 15.7. The van der Waals surface area contributed by atoms with Gasteiger partial charge in [-0.2, -0.15) is 0 Å². The molecule has 0 radical (unpaired) electrons. The summed E-state index contributed by atoms with van der Waals surface area (Å²) in [6.45, 7) is 3.99. The fourth-order valence-corrected chi connectivity index (χ4v) is 2.75. The Balaban J connectivity index is 2.49. The molecule has 0 aliphatic carbocycles. The Hall–Kier alpha value is -1.75. The SMILES string of the molecule is CC(C)Cc1nc(-c2ccccc2F)sc1C(=O)O. The lowest BCUT2D eigenvalue weighted by molar-refractivity contribution is 0.0700. The monoisotopic (exact) mass is 279 g/mol. The van der Waals surface area contributed by atoms with Crippen molar-refractivity contribution in [2.24, 2.45) is 5.92 Å². The number of nitrogens with zero attached hydrogens (tertiary/aromatic N) is 1. The van der Waals surface area contributed by atoms with E-state index < -0.39 is 5.97 Å². The maximum atomic E-state index is 13.7. The molecule has 0 spiro atoms. The van der Waals surface area contributed by atoms with Crippen LogP contribution < -0.4 is 0 Å². The molecule has 2 rings (SSSR count). The van der Waals surface area contributed by atoms with Gasteiger partial charge in [0.1, 0.15) is 15.7 Å². The van der Waals surface area contributed by atoms with Crippen LogP contribution >= 0.6 is 11.3 Å². The summed E-state index contributed by atoms with van der Waals surface area (Å²) in [5.41, 5.74) is 0.885. The Morgan fingerprint density at radius 2 is 2.11 bits per heavy atom. The number of aromatic carboxylic acids is 1. The number of hydrogen-bond acceptors (Lipinski definition) is 3. The van der Waals surface area contributed by atoms with E-state index in [2.05, 4.69) is 4.98 Å². The number of aromatic nitrogens is 1. The maximum absolute atomic E-state index is 13.7. The van der Waals surface area contributed by atoms with Crippen molar-refractivity contribution in [2.75, 3.05) is 0 Å². The Kier molecular flexibility index (Phi) is 3.95. The number of carboxylic acids is 1. The molecular weight excluding hydrogens is 265 g/mol. The first-order valence-electron chi connectivity index (χ1n) is 5.97. The smallest absolute Gasteiger partial charge is 0.347 e. The van der Waals surface area contributed by atoms with Crippen LogP contribution in [0.1, 0.15) is 29.2 Å². The van der Waals surface area contributed by atoms with Crippen LogP contribution in [0.15, 0.2) is 24.3 Å². The van der Waals surface area contributed by atoms with Gasteiger partial charge in [0.25, 0.3) is 0 Å². The average Bonchev–Trinajstić information content (AvgIpc) is 2.72. The molecule has 1 N–H and O–H groups in total. The lowest BCUT2D eigenvalue weighted by Gasteiger charge is -2.01. The van der Waals surface area contributed by atoms with Gasteiger partial charge in [-0.3, -0.25) is 0 Å². The van der Waals surface area contributed by atoms with Crippen molar-refractivity contribution in [3.63, 3.8) is 0 Å². The quantitative estimate of drug-likeness (QED) is 0.925. The Bertz CT molecular complexity index is 607. The molecule has 0 amide bonds. The van der Waals surface area contributed by atoms with Crippen molar-refractivity contribution in [3.05, 3.63) is 40.7 Å². The number of thiazole rings is 1. The van der Waals surface area contributed by atoms with Gasteiger partial charge in [-0.15, -0.1) is 11.3 Å². The lowest BCUT2D eigenvalue weighted by Crippen LogP contribution is -2.02. The molecule has 0 saturated heterocycles. The van der Waals surface area contributed by atoms with Crippen molar-refractivity contribution >= 4 is 17.3 Å². The number of hydrogen-bond donors (Lipinski definition) is 1. The first-order chi connectivity index (χ1) is 8.99. The third kappa shape index (κ3) is 2.98. The van der Waals surface area contributed by atoms with Gasteiger partial charge in [0.05, 0.1) is 5.69 Å². The maximum Gasteiger partial charge on any atom is 0.347 e. The highest BCUT2D eigenvalue weighted by Crippen LogP contribution is 2.31. The van der Waals surface area contributed by atoms with Crippen LogP contribution in [0.5, 0.6) is 0 Å². The molecule has 0 unspecified atom stereocenters. The lowest BCUT2D eigenvalue weighted by atomic mass is 10.1. The Morgan fingerprint density at radius 3 is 2.68 bits per heavy atom. The van der Waals surface area contributed by atoms with Crippen molar-refractivity contribution in [3.8, 4) is 10.6 Å². The molecule has 5 heteroatoms. The van der Waals surface area contributed by atoms with Crippen LogP contribution in [0.2, 0.25) is 0 Å². The third-order valence-electron chi connectivity index (χ3n) is 2.60. The summed E-state index contributed by atoms with van der Waals surface area (Å²) >= 11 is 1.03. The van der Waals surface area contributed by atoms with E-state index >= 15 is 0 Å². The second-order valence-corrected chi connectivity index (χ2v) is 5.68. The number of rotatable bonds is 4. The summed E-state index contributed by atoms with van der Waals surface area (Å²) in [7, 11) is 0. The largest absolute Gasteiger partial charge is 0.477 e.